The highest BCUT2D eigenvalue weighted by molar-refractivity contribution is 5.79. The molecule has 0 N–H and O–H groups in total. The highest BCUT2D eigenvalue weighted by atomic mass is 19.1. The van der Waals surface area contributed by atoms with Gasteiger partial charge in [-0.15, -0.1) is 0 Å². The number of amides is 1. The zero-order chi connectivity index (χ0) is 33.1. The molecular weight excluding hydrogens is 585 g/mol. The van der Waals surface area contributed by atoms with Crippen LogP contribution in [0.3, 0.4) is 0 Å². The Balaban J connectivity index is 1.37. The van der Waals surface area contributed by atoms with Crippen molar-refractivity contribution in [3.8, 4) is 0 Å². The Morgan fingerprint density at radius 2 is 1.70 bits per heavy atom. The van der Waals surface area contributed by atoms with Crippen molar-refractivity contribution in [2.75, 3.05) is 37.0 Å². The molecule has 2 aromatic heterocycles. The summed E-state index contributed by atoms with van der Waals surface area (Å²) in [7, 11) is 3.61. The molecule has 0 bridgehead atoms. The van der Waals surface area contributed by atoms with Gasteiger partial charge in [-0.1, -0.05) is 43.7 Å². The van der Waals surface area contributed by atoms with Crippen LogP contribution < -0.4 is 15.4 Å². The van der Waals surface area contributed by atoms with Crippen LogP contribution in [0.4, 0.5) is 21.1 Å². The van der Waals surface area contributed by atoms with Crippen LogP contribution in [0.25, 0.3) is 11.0 Å². The predicted molar refractivity (Wildman–Crippen MR) is 180 cm³/mol. The molecule has 10 nitrogen and oxygen atoms in total. The molecule has 1 atom stereocenters. The second-order valence-corrected chi connectivity index (χ2v) is 12.6. The Morgan fingerprint density at radius 1 is 1.02 bits per heavy atom. The fraction of sp³-hybridized carbons (Fsp3) is 0.429. The summed E-state index contributed by atoms with van der Waals surface area (Å²) in [5.74, 6) is 0.897. The Hall–Kier alpha value is -4.67. The molecule has 244 valence electrons. The minimum Gasteiger partial charge on any atom is -0.424 e. The van der Waals surface area contributed by atoms with E-state index >= 15 is 0 Å². The number of rotatable bonds is 9. The van der Waals surface area contributed by atoms with Crippen LogP contribution in [-0.2, 0) is 11.3 Å². The monoisotopic (exact) mass is 629 g/mol. The second kappa shape index (κ2) is 13.8. The maximum absolute atomic E-state index is 13.6. The van der Waals surface area contributed by atoms with Crippen molar-refractivity contribution in [3.63, 3.8) is 0 Å². The number of nitrogens with zero attached hydrogens (tertiary/aromatic N) is 7. The Kier molecular flexibility index (Phi) is 9.79. The molecule has 0 radical (unpaired) electrons. The summed E-state index contributed by atoms with van der Waals surface area (Å²) in [6.07, 6.45) is 1.74. The molecule has 4 aromatic rings. The molecule has 2 aromatic carbocycles. The lowest BCUT2D eigenvalue weighted by molar-refractivity contribution is 0.00793. The Labute approximate surface area is 269 Å². The summed E-state index contributed by atoms with van der Waals surface area (Å²) < 4.78 is 23.3. The zero-order valence-electron chi connectivity index (χ0n) is 27.8. The van der Waals surface area contributed by atoms with Gasteiger partial charge in [0.25, 0.3) is 5.56 Å². The van der Waals surface area contributed by atoms with Crippen molar-refractivity contribution < 1.29 is 13.9 Å². The summed E-state index contributed by atoms with van der Waals surface area (Å²) in [6.45, 7) is 11.6. The van der Waals surface area contributed by atoms with Crippen molar-refractivity contribution in [2.45, 2.75) is 66.3 Å². The summed E-state index contributed by atoms with van der Waals surface area (Å²) in [6, 6.07) is 16.1. The largest absolute Gasteiger partial charge is 0.424 e. The molecule has 1 saturated heterocycles. The number of carbonyl (C=O) groups is 1. The number of ether oxygens (including phenoxy) is 1. The first kappa shape index (κ1) is 32.7. The number of para-hydroxylation sites is 2. The Bertz CT molecular complexity index is 1770. The average molecular weight is 630 g/mol. The third kappa shape index (κ3) is 6.78. The molecule has 1 aliphatic rings. The van der Waals surface area contributed by atoms with Crippen molar-refractivity contribution in [3.05, 3.63) is 93.8 Å². The van der Waals surface area contributed by atoms with Gasteiger partial charge in [-0.05, 0) is 63.4 Å². The lowest BCUT2D eigenvalue weighted by Gasteiger charge is -2.39. The van der Waals surface area contributed by atoms with Gasteiger partial charge in [-0.2, -0.15) is 0 Å². The van der Waals surface area contributed by atoms with Gasteiger partial charge >= 0.3 is 6.09 Å². The van der Waals surface area contributed by atoms with E-state index in [4.69, 9.17) is 9.72 Å². The number of fused-ring (bicyclic) bond motifs is 1. The SMILES string of the molecule is CC(C)=C(C)N(C)C(=O)OC(C(C)C)n1c(N(C)C2CCN(c3nc4ccccc4n3Cc3ccc(F)cc3)CC2)nccc1=O. The van der Waals surface area contributed by atoms with Crippen LogP contribution in [0.2, 0.25) is 0 Å². The quantitative estimate of drug-likeness (QED) is 0.211. The van der Waals surface area contributed by atoms with Crippen molar-refractivity contribution in [1.29, 1.82) is 0 Å². The molecule has 0 saturated carbocycles. The van der Waals surface area contributed by atoms with E-state index in [2.05, 4.69) is 20.5 Å². The van der Waals surface area contributed by atoms with E-state index < -0.39 is 12.3 Å². The normalized spacial score (nSPS) is 14.4. The van der Waals surface area contributed by atoms with E-state index in [9.17, 15) is 14.0 Å². The van der Waals surface area contributed by atoms with Gasteiger partial charge in [0.15, 0.2) is 6.23 Å². The standard InChI is InChI=1S/C35H44FN7O3/c1-23(2)25(5)39(6)35(45)46-32(24(3)4)43-31(44)16-19-37-33(43)40(7)28-17-20-41(21-18-28)34-38-29-10-8-9-11-30(29)42(34)22-26-12-14-27(36)15-13-26/h8-16,19,24,28,32H,17-18,20-22H2,1-7H3. The van der Waals surface area contributed by atoms with Crippen LogP contribution in [0.5, 0.6) is 0 Å². The van der Waals surface area contributed by atoms with Crippen LogP contribution in [0.15, 0.2) is 76.9 Å². The molecule has 5 rings (SSSR count). The van der Waals surface area contributed by atoms with Crippen LogP contribution in [0, 0.1) is 11.7 Å². The highest BCUT2D eigenvalue weighted by Gasteiger charge is 2.32. The molecular formula is C35H44FN7O3. The number of benzene rings is 2. The molecule has 1 aliphatic heterocycles. The molecule has 46 heavy (non-hydrogen) atoms. The first-order valence-electron chi connectivity index (χ1n) is 15.8. The number of anilines is 2. The van der Waals surface area contributed by atoms with E-state index in [0.29, 0.717) is 12.5 Å². The minimum atomic E-state index is -0.843. The van der Waals surface area contributed by atoms with Gasteiger partial charge in [-0.3, -0.25) is 9.69 Å². The molecule has 0 aliphatic carbocycles. The van der Waals surface area contributed by atoms with Gasteiger partial charge in [0.2, 0.25) is 11.9 Å². The third-order valence-electron chi connectivity index (χ3n) is 8.91. The lowest BCUT2D eigenvalue weighted by Crippen LogP contribution is -2.47. The number of allylic oxidation sites excluding steroid dienone is 2. The number of halogens is 1. The lowest BCUT2D eigenvalue weighted by atomic mass is 10.0. The maximum Gasteiger partial charge on any atom is 0.415 e. The minimum absolute atomic E-state index is 0.0887. The van der Waals surface area contributed by atoms with Gasteiger partial charge in [0.1, 0.15) is 5.82 Å². The summed E-state index contributed by atoms with van der Waals surface area (Å²) in [5.41, 5.74) is 4.44. The van der Waals surface area contributed by atoms with E-state index in [0.717, 1.165) is 59.7 Å². The van der Waals surface area contributed by atoms with Gasteiger partial charge < -0.3 is 19.1 Å². The second-order valence-electron chi connectivity index (χ2n) is 12.6. The number of piperidine rings is 1. The molecule has 11 heteroatoms. The van der Waals surface area contributed by atoms with Gasteiger partial charge in [-0.25, -0.2) is 23.7 Å². The van der Waals surface area contributed by atoms with Crippen molar-refractivity contribution in [2.24, 2.45) is 5.92 Å². The first-order chi connectivity index (χ1) is 22.0. The van der Waals surface area contributed by atoms with E-state index in [1.54, 1.807) is 7.05 Å². The average Bonchev–Trinajstić information content (AvgIpc) is 3.41. The summed E-state index contributed by atoms with van der Waals surface area (Å²) in [4.78, 5) is 41.9. The molecule has 1 unspecified atom stereocenters. The topological polar surface area (TPSA) is 88.7 Å². The fourth-order valence-corrected chi connectivity index (χ4v) is 5.90. The summed E-state index contributed by atoms with van der Waals surface area (Å²) >= 11 is 0. The van der Waals surface area contributed by atoms with Crippen LogP contribution in [-0.4, -0.2) is 63.3 Å². The first-order valence-corrected chi connectivity index (χ1v) is 15.8. The number of carbonyl (C=O) groups excluding carboxylic acids is 1. The van der Waals surface area contributed by atoms with Gasteiger partial charge in [0.05, 0.1) is 17.6 Å². The molecule has 3 heterocycles. The van der Waals surface area contributed by atoms with Crippen molar-refractivity contribution in [1.82, 2.24) is 24.0 Å². The highest BCUT2D eigenvalue weighted by Crippen LogP contribution is 2.30. The molecule has 1 fully saturated rings. The van der Waals surface area contributed by atoms with E-state index in [-0.39, 0.29) is 23.3 Å². The van der Waals surface area contributed by atoms with Crippen LogP contribution in [0.1, 0.15) is 59.3 Å². The smallest absolute Gasteiger partial charge is 0.415 e. The predicted octanol–water partition coefficient (Wildman–Crippen LogP) is 6.42. The maximum atomic E-state index is 13.6. The number of hydrogen-bond donors (Lipinski definition) is 0. The molecule has 1 amide bonds. The zero-order valence-corrected chi connectivity index (χ0v) is 27.8. The number of hydrogen-bond acceptors (Lipinski definition) is 7. The number of aromatic nitrogens is 4. The fourth-order valence-electron chi connectivity index (χ4n) is 5.90. The number of imidazole rings is 1. The van der Waals surface area contributed by atoms with E-state index in [1.165, 1.54) is 33.9 Å². The van der Waals surface area contributed by atoms with E-state index in [1.807, 2.05) is 76.9 Å². The van der Waals surface area contributed by atoms with Crippen LogP contribution >= 0.6 is 0 Å². The molecule has 0 spiro atoms. The summed E-state index contributed by atoms with van der Waals surface area (Å²) in [5, 5.41) is 0. The Morgan fingerprint density at radius 3 is 2.35 bits per heavy atom. The van der Waals surface area contributed by atoms with Crippen molar-refractivity contribution >= 4 is 29.0 Å². The third-order valence-corrected chi connectivity index (χ3v) is 8.91. The van der Waals surface area contributed by atoms with Gasteiger partial charge in [0, 0.05) is 57.1 Å².